The number of anilines is 1. The summed E-state index contributed by atoms with van der Waals surface area (Å²) in [5, 5.41) is 16.0. The lowest BCUT2D eigenvalue weighted by atomic mass is 10.2. The van der Waals surface area contributed by atoms with Gasteiger partial charge in [-0.15, -0.1) is 22.7 Å². The molecule has 0 saturated carbocycles. The monoisotopic (exact) mass is 306 g/mol. The Morgan fingerprint density at radius 1 is 1.40 bits per heavy atom. The second kappa shape index (κ2) is 5.14. The van der Waals surface area contributed by atoms with E-state index in [4.69, 9.17) is 0 Å². The summed E-state index contributed by atoms with van der Waals surface area (Å²) in [6.07, 6.45) is 3.18. The fourth-order valence-corrected chi connectivity index (χ4v) is 3.45. The van der Waals surface area contributed by atoms with Crippen molar-refractivity contribution in [3.63, 3.8) is 0 Å². The van der Waals surface area contributed by atoms with Gasteiger partial charge < -0.3 is 10.4 Å². The molecule has 3 heterocycles. The quantitative estimate of drug-likeness (QED) is 0.770. The Kier molecular flexibility index (Phi) is 3.33. The van der Waals surface area contributed by atoms with E-state index in [0.717, 1.165) is 10.4 Å². The Morgan fingerprint density at radius 2 is 2.25 bits per heavy atom. The van der Waals surface area contributed by atoms with Gasteiger partial charge in [0.25, 0.3) is 0 Å². The van der Waals surface area contributed by atoms with Crippen molar-refractivity contribution in [3.8, 4) is 0 Å². The first kappa shape index (κ1) is 12.9. The normalized spacial score (nSPS) is 10.8. The first-order chi connectivity index (χ1) is 9.66. The zero-order chi connectivity index (χ0) is 14.1. The highest BCUT2D eigenvalue weighted by atomic mass is 32.1. The minimum absolute atomic E-state index is 0.304. The summed E-state index contributed by atoms with van der Waals surface area (Å²) < 4.78 is 0. The number of aromatic carboxylic acids is 1. The molecular formula is C12H10N4O2S2. The molecule has 8 heteroatoms. The van der Waals surface area contributed by atoms with Crippen molar-refractivity contribution in [3.05, 3.63) is 33.4 Å². The molecule has 0 amide bonds. The lowest BCUT2D eigenvalue weighted by Gasteiger charge is -2.05. The predicted octanol–water partition coefficient (Wildman–Crippen LogP) is 2.77. The molecule has 0 atom stereocenters. The number of thiophene rings is 1. The highest BCUT2D eigenvalue weighted by Crippen LogP contribution is 2.33. The van der Waals surface area contributed by atoms with Crippen molar-refractivity contribution in [2.24, 2.45) is 0 Å². The Balaban J connectivity index is 2.00. The first-order valence-corrected chi connectivity index (χ1v) is 7.46. The molecule has 0 aliphatic carbocycles. The summed E-state index contributed by atoms with van der Waals surface area (Å²) in [6.45, 7) is 2.34. The number of carboxylic acid groups (broad SMARTS) is 1. The lowest BCUT2D eigenvalue weighted by molar-refractivity contribution is 0.0701. The van der Waals surface area contributed by atoms with Gasteiger partial charge in [0, 0.05) is 11.6 Å². The summed E-state index contributed by atoms with van der Waals surface area (Å²) in [5.74, 6) is -0.289. The van der Waals surface area contributed by atoms with Crippen LogP contribution in [-0.4, -0.2) is 26.0 Å². The zero-order valence-corrected chi connectivity index (χ0v) is 12.1. The Bertz CT molecular complexity index is 767. The minimum Gasteiger partial charge on any atom is -0.477 e. The fourth-order valence-electron chi connectivity index (χ4n) is 1.91. The molecule has 0 unspecified atom stereocenters. The summed E-state index contributed by atoms with van der Waals surface area (Å²) in [4.78, 5) is 24.7. The molecular weight excluding hydrogens is 296 g/mol. The molecule has 0 saturated heterocycles. The van der Waals surface area contributed by atoms with Crippen molar-refractivity contribution in [1.82, 2.24) is 15.0 Å². The van der Waals surface area contributed by atoms with Gasteiger partial charge in [-0.05, 0) is 12.5 Å². The summed E-state index contributed by atoms with van der Waals surface area (Å²) in [5.41, 5.74) is 0.694. The number of fused-ring (bicyclic) bond motifs is 1. The Morgan fingerprint density at radius 3 is 2.95 bits per heavy atom. The maximum Gasteiger partial charge on any atom is 0.346 e. The van der Waals surface area contributed by atoms with Gasteiger partial charge in [-0.1, -0.05) is 0 Å². The summed E-state index contributed by atoms with van der Waals surface area (Å²) in [6, 6.07) is 0. The minimum atomic E-state index is -0.934. The zero-order valence-electron chi connectivity index (χ0n) is 10.5. The molecule has 0 fully saturated rings. The molecule has 102 valence electrons. The largest absolute Gasteiger partial charge is 0.477 e. The van der Waals surface area contributed by atoms with Crippen LogP contribution in [0.5, 0.6) is 0 Å². The van der Waals surface area contributed by atoms with E-state index >= 15 is 0 Å². The number of nitrogens with one attached hydrogen (secondary N) is 1. The number of aryl methyl sites for hydroxylation is 1. The molecule has 0 aliphatic heterocycles. The average molecular weight is 306 g/mol. The number of rotatable bonds is 4. The maximum atomic E-state index is 11.2. The van der Waals surface area contributed by atoms with Gasteiger partial charge in [-0.25, -0.2) is 19.7 Å². The van der Waals surface area contributed by atoms with E-state index in [-0.39, 0.29) is 0 Å². The number of thiazole rings is 1. The highest BCUT2D eigenvalue weighted by Gasteiger charge is 2.18. The van der Waals surface area contributed by atoms with E-state index in [1.165, 1.54) is 17.7 Å². The third kappa shape index (κ3) is 2.23. The van der Waals surface area contributed by atoms with Crippen LogP contribution in [0, 0.1) is 6.92 Å². The van der Waals surface area contributed by atoms with E-state index in [2.05, 4.69) is 20.3 Å². The predicted molar refractivity (Wildman–Crippen MR) is 78.6 cm³/mol. The SMILES string of the molecule is Cc1c(C(=O)O)sc2ncnc(NCc3nccs3)c12. The van der Waals surface area contributed by atoms with E-state index < -0.39 is 5.97 Å². The van der Waals surface area contributed by atoms with Crippen LogP contribution in [0.25, 0.3) is 10.2 Å². The van der Waals surface area contributed by atoms with E-state index in [1.54, 1.807) is 24.5 Å². The highest BCUT2D eigenvalue weighted by molar-refractivity contribution is 7.20. The molecule has 0 radical (unpaired) electrons. The standard InChI is InChI=1S/C12H10N4O2S2/c1-6-8-10(14-4-7-13-2-3-19-7)15-5-16-11(8)20-9(6)12(17)18/h2-3,5H,4H2,1H3,(H,17,18)(H,14,15,16). The van der Waals surface area contributed by atoms with Crippen LogP contribution in [0.15, 0.2) is 17.9 Å². The molecule has 0 aromatic carbocycles. The average Bonchev–Trinajstić information content (AvgIpc) is 3.05. The number of carboxylic acids is 1. The van der Waals surface area contributed by atoms with Crippen LogP contribution in [0.3, 0.4) is 0 Å². The molecule has 0 spiro atoms. The molecule has 3 aromatic rings. The van der Waals surface area contributed by atoms with Crippen LogP contribution in [0.4, 0.5) is 5.82 Å². The van der Waals surface area contributed by atoms with E-state index in [1.807, 2.05) is 5.38 Å². The van der Waals surface area contributed by atoms with Crippen molar-refractivity contribution in [2.45, 2.75) is 13.5 Å². The van der Waals surface area contributed by atoms with Crippen LogP contribution in [0.1, 0.15) is 20.2 Å². The van der Waals surface area contributed by atoms with Crippen LogP contribution >= 0.6 is 22.7 Å². The third-order valence-electron chi connectivity index (χ3n) is 2.81. The third-order valence-corrected chi connectivity index (χ3v) is 4.78. The number of aromatic nitrogens is 3. The van der Waals surface area contributed by atoms with Gasteiger partial charge in [0.05, 0.1) is 11.9 Å². The van der Waals surface area contributed by atoms with Crippen molar-refractivity contribution in [1.29, 1.82) is 0 Å². The van der Waals surface area contributed by atoms with Gasteiger partial charge in [-0.3, -0.25) is 0 Å². The number of nitrogens with zero attached hydrogens (tertiary/aromatic N) is 3. The van der Waals surface area contributed by atoms with E-state index in [9.17, 15) is 9.90 Å². The van der Waals surface area contributed by atoms with Crippen LogP contribution in [-0.2, 0) is 6.54 Å². The van der Waals surface area contributed by atoms with Gasteiger partial charge in [0.1, 0.15) is 26.9 Å². The number of carbonyl (C=O) groups is 1. The molecule has 3 aromatic heterocycles. The van der Waals surface area contributed by atoms with Gasteiger partial charge in [0.15, 0.2) is 0 Å². The molecule has 0 bridgehead atoms. The van der Waals surface area contributed by atoms with Crippen LogP contribution in [0.2, 0.25) is 0 Å². The molecule has 20 heavy (non-hydrogen) atoms. The maximum absolute atomic E-state index is 11.2. The number of hydrogen-bond acceptors (Lipinski definition) is 7. The topological polar surface area (TPSA) is 88.0 Å². The van der Waals surface area contributed by atoms with Crippen molar-refractivity contribution in [2.75, 3.05) is 5.32 Å². The summed E-state index contributed by atoms with van der Waals surface area (Å²) >= 11 is 2.72. The van der Waals surface area contributed by atoms with Crippen LogP contribution < -0.4 is 5.32 Å². The van der Waals surface area contributed by atoms with Gasteiger partial charge >= 0.3 is 5.97 Å². The first-order valence-electron chi connectivity index (χ1n) is 5.76. The van der Waals surface area contributed by atoms with E-state index in [0.29, 0.717) is 27.6 Å². The molecule has 6 nitrogen and oxygen atoms in total. The second-order valence-corrected chi connectivity index (χ2v) is 6.02. The second-order valence-electron chi connectivity index (χ2n) is 4.04. The lowest BCUT2D eigenvalue weighted by Crippen LogP contribution is -2.02. The molecule has 3 rings (SSSR count). The smallest absolute Gasteiger partial charge is 0.346 e. The molecule has 0 aliphatic rings. The van der Waals surface area contributed by atoms with Crippen molar-refractivity contribution >= 4 is 44.7 Å². The van der Waals surface area contributed by atoms with Gasteiger partial charge in [-0.2, -0.15) is 0 Å². The molecule has 2 N–H and O–H groups in total. The van der Waals surface area contributed by atoms with Gasteiger partial charge in [0.2, 0.25) is 0 Å². The number of hydrogen-bond donors (Lipinski definition) is 2. The Hall–Kier alpha value is -2.06. The fraction of sp³-hybridized carbons (Fsp3) is 0.167. The van der Waals surface area contributed by atoms with Crippen molar-refractivity contribution < 1.29 is 9.90 Å². The summed E-state index contributed by atoms with van der Waals surface area (Å²) in [7, 11) is 0. The Labute approximate surface area is 122 Å².